The summed E-state index contributed by atoms with van der Waals surface area (Å²) in [6.45, 7) is 10.4. The fraction of sp³-hybridized carbons (Fsp3) is 0.865. The number of unbranched alkanes of at least 4 members (excludes halogenated alkanes) is 1. The molecule has 4 aliphatic carbocycles. The van der Waals surface area contributed by atoms with Crippen LogP contribution < -0.4 is 10.6 Å². The molecule has 0 spiro atoms. The number of oxime groups is 1. The van der Waals surface area contributed by atoms with Gasteiger partial charge in [0, 0.05) is 22.8 Å². The van der Waals surface area contributed by atoms with E-state index in [4.69, 9.17) is 4.74 Å². The Morgan fingerprint density at radius 3 is 2.71 bits per heavy atom. The maximum atomic E-state index is 13.2. The van der Waals surface area contributed by atoms with Crippen molar-refractivity contribution in [2.45, 2.75) is 141 Å². The highest BCUT2D eigenvalue weighted by Crippen LogP contribution is 2.68. The van der Waals surface area contributed by atoms with E-state index < -0.39 is 0 Å². The smallest absolute Gasteiger partial charge is 0.315 e. The SMILES string of the molecule is CC(C)CCC[C@@H](C)[C@H]1CC[C@H]2[C@@H]3CCC4=C/C(=N\O)CC[C@]4(COC(=O)CCCC[C@@H]4SC[C@@H]5NC(=O)N[C@@H]54)[C@H]3CC[C@]12C. The number of allylic oxidation sites excluding steroid dienone is 1. The number of carbonyl (C=O) groups excluding carboxylic acids is 2. The highest BCUT2D eigenvalue weighted by Gasteiger charge is 2.61. The molecule has 0 radical (unpaired) electrons. The van der Waals surface area contributed by atoms with Gasteiger partial charge in [-0.1, -0.05) is 64.1 Å². The summed E-state index contributed by atoms with van der Waals surface area (Å²) in [7, 11) is 0. The van der Waals surface area contributed by atoms with E-state index in [1.165, 1.54) is 56.9 Å². The minimum atomic E-state index is -0.113. The van der Waals surface area contributed by atoms with Gasteiger partial charge in [0.25, 0.3) is 0 Å². The third kappa shape index (κ3) is 6.56. The first-order valence-electron chi connectivity index (χ1n) is 18.4. The van der Waals surface area contributed by atoms with E-state index >= 15 is 0 Å². The van der Waals surface area contributed by atoms with Crippen molar-refractivity contribution in [3.8, 4) is 0 Å². The quantitative estimate of drug-likeness (QED) is 0.0657. The summed E-state index contributed by atoms with van der Waals surface area (Å²) in [5, 5.41) is 19.8. The summed E-state index contributed by atoms with van der Waals surface area (Å²) in [5.74, 6) is 5.32. The molecule has 6 rings (SSSR count). The Hall–Kier alpha value is -1.70. The minimum Gasteiger partial charge on any atom is -0.465 e. The van der Waals surface area contributed by atoms with Crippen molar-refractivity contribution in [2.24, 2.45) is 51.5 Å². The first-order chi connectivity index (χ1) is 21.6. The Bertz CT molecular complexity index is 1160. The van der Waals surface area contributed by atoms with Crippen molar-refractivity contribution in [3.05, 3.63) is 11.6 Å². The van der Waals surface area contributed by atoms with E-state index in [1.54, 1.807) is 0 Å². The van der Waals surface area contributed by atoms with Crippen LogP contribution in [0.5, 0.6) is 0 Å². The van der Waals surface area contributed by atoms with Crippen molar-refractivity contribution in [1.82, 2.24) is 10.6 Å². The van der Waals surface area contributed by atoms with Gasteiger partial charge >= 0.3 is 12.0 Å². The highest BCUT2D eigenvalue weighted by molar-refractivity contribution is 8.00. The third-order valence-electron chi connectivity index (χ3n) is 13.6. The van der Waals surface area contributed by atoms with Gasteiger partial charge in [-0.05, 0) is 111 Å². The largest absolute Gasteiger partial charge is 0.465 e. The molecule has 2 amide bonds. The first-order valence-corrected chi connectivity index (χ1v) is 19.5. The molecule has 252 valence electrons. The molecule has 10 atom stereocenters. The molecule has 3 N–H and O–H groups in total. The van der Waals surface area contributed by atoms with Gasteiger partial charge in [-0.25, -0.2) is 4.79 Å². The zero-order chi connectivity index (χ0) is 31.8. The van der Waals surface area contributed by atoms with Crippen LogP contribution >= 0.6 is 11.8 Å². The molecule has 2 heterocycles. The van der Waals surface area contributed by atoms with E-state index in [2.05, 4.69) is 49.6 Å². The van der Waals surface area contributed by atoms with Gasteiger partial charge < -0.3 is 20.6 Å². The molecule has 7 nitrogen and oxygen atoms in total. The molecule has 0 aromatic heterocycles. The number of rotatable bonds is 12. The van der Waals surface area contributed by atoms with Gasteiger partial charge in [0.1, 0.15) is 6.61 Å². The maximum Gasteiger partial charge on any atom is 0.315 e. The van der Waals surface area contributed by atoms with Gasteiger partial charge in [-0.15, -0.1) is 0 Å². The van der Waals surface area contributed by atoms with Gasteiger partial charge in [-0.2, -0.15) is 11.8 Å². The van der Waals surface area contributed by atoms with E-state index in [1.807, 2.05) is 11.8 Å². The Balaban J connectivity index is 1.07. The molecule has 8 heteroatoms. The predicted molar refractivity (Wildman–Crippen MR) is 182 cm³/mol. The normalized spacial score (nSPS) is 40.2. The number of ether oxygens (including phenoxy) is 1. The van der Waals surface area contributed by atoms with Crippen molar-refractivity contribution in [3.63, 3.8) is 0 Å². The number of hydrogen-bond acceptors (Lipinski definition) is 6. The summed E-state index contributed by atoms with van der Waals surface area (Å²) in [4.78, 5) is 24.9. The van der Waals surface area contributed by atoms with Crippen molar-refractivity contribution >= 4 is 29.5 Å². The van der Waals surface area contributed by atoms with E-state index in [9.17, 15) is 14.8 Å². The van der Waals surface area contributed by atoms with E-state index in [0.717, 1.165) is 73.7 Å². The van der Waals surface area contributed by atoms with Crippen LogP contribution in [-0.4, -0.2) is 52.6 Å². The standard InChI is InChI=1S/C37H59N3O4S/c1-23(2)8-7-9-24(3)28-14-15-29-27-13-12-25-20-26(40-43)16-19-37(25,30(27)17-18-36(28,29)4)22-44-33(41)11-6-5-10-32-34-31(21-45-32)38-35(42)39-34/h20,23-24,27-32,34,43H,5-19,21-22H2,1-4H3,(H2,38,39,42)/b40-26-/t24-,27+,28-,29+,30+,31+,32+,34+,36-,37-/m1/s1. The highest BCUT2D eigenvalue weighted by atomic mass is 32.2. The zero-order valence-corrected chi connectivity index (χ0v) is 29.1. The molecule has 6 aliphatic rings. The van der Waals surface area contributed by atoms with Crippen LogP contribution in [0, 0.1) is 46.3 Å². The first kappa shape index (κ1) is 33.2. The van der Waals surface area contributed by atoms with Crippen molar-refractivity contribution in [1.29, 1.82) is 0 Å². The lowest BCUT2D eigenvalue weighted by Gasteiger charge is -2.59. The average molecular weight is 642 g/mol. The van der Waals surface area contributed by atoms with Gasteiger partial charge in [0.2, 0.25) is 0 Å². The minimum absolute atomic E-state index is 0.0429. The van der Waals surface area contributed by atoms with Gasteiger partial charge in [0.05, 0.1) is 17.8 Å². The molecule has 2 aliphatic heterocycles. The summed E-state index contributed by atoms with van der Waals surface area (Å²) in [5.41, 5.74) is 2.47. The molecule has 3 saturated carbocycles. The molecular weight excluding hydrogens is 582 g/mol. The van der Waals surface area contributed by atoms with Crippen LogP contribution in [-0.2, 0) is 9.53 Å². The van der Waals surface area contributed by atoms with Crippen molar-refractivity contribution in [2.75, 3.05) is 12.4 Å². The van der Waals surface area contributed by atoms with E-state index in [-0.39, 0.29) is 29.5 Å². The van der Waals surface area contributed by atoms with Crippen LogP contribution in [0.15, 0.2) is 16.8 Å². The molecule has 0 aromatic rings. The molecule has 45 heavy (non-hydrogen) atoms. The lowest BCUT2D eigenvalue weighted by Crippen LogP contribution is -2.53. The summed E-state index contributed by atoms with van der Waals surface area (Å²) in [6, 6.07) is 0.423. The number of hydrogen-bond donors (Lipinski definition) is 3. The number of carbonyl (C=O) groups is 2. The number of fused-ring (bicyclic) bond motifs is 6. The zero-order valence-electron chi connectivity index (χ0n) is 28.3. The van der Waals surface area contributed by atoms with Crippen molar-refractivity contribution < 1.29 is 19.5 Å². The molecule has 0 aromatic carbocycles. The molecular formula is C37H59N3O4S. The van der Waals surface area contributed by atoms with Crippen LogP contribution in [0.1, 0.15) is 124 Å². The van der Waals surface area contributed by atoms with E-state index in [0.29, 0.717) is 35.5 Å². The molecule has 0 bridgehead atoms. The van der Waals surface area contributed by atoms with Crippen LogP contribution in [0.3, 0.4) is 0 Å². The second-order valence-corrected chi connectivity index (χ2v) is 17.7. The summed E-state index contributed by atoms with van der Waals surface area (Å²) in [6.07, 6.45) is 18.7. The fourth-order valence-corrected chi connectivity index (χ4v) is 12.8. The fourth-order valence-electron chi connectivity index (χ4n) is 11.3. The molecule has 5 fully saturated rings. The van der Waals surface area contributed by atoms with Crippen LogP contribution in [0.2, 0.25) is 0 Å². The number of nitrogens with one attached hydrogen (secondary N) is 2. The number of nitrogens with zero attached hydrogens (tertiary/aromatic N) is 1. The number of esters is 1. The number of urea groups is 1. The topological polar surface area (TPSA) is 100 Å². The average Bonchev–Trinajstić information content (AvgIpc) is 3.69. The monoisotopic (exact) mass is 641 g/mol. The number of amides is 2. The third-order valence-corrected chi connectivity index (χ3v) is 15.1. The Morgan fingerprint density at radius 2 is 1.91 bits per heavy atom. The number of thioether (sulfide) groups is 1. The van der Waals surface area contributed by atoms with Gasteiger partial charge in [-0.3, -0.25) is 4.79 Å². The van der Waals surface area contributed by atoms with Crippen LogP contribution in [0.25, 0.3) is 0 Å². The molecule has 0 unspecified atom stereocenters. The Morgan fingerprint density at radius 1 is 1.07 bits per heavy atom. The Kier molecular flexibility index (Phi) is 10.2. The second kappa shape index (κ2) is 13.8. The predicted octanol–water partition coefficient (Wildman–Crippen LogP) is 8.11. The van der Waals surface area contributed by atoms with Crippen LogP contribution in [0.4, 0.5) is 4.79 Å². The Labute approximate surface area is 275 Å². The second-order valence-electron chi connectivity index (χ2n) is 16.4. The lowest BCUT2D eigenvalue weighted by atomic mass is 9.46. The lowest BCUT2D eigenvalue weighted by molar-refractivity contribution is -0.152. The molecule has 2 saturated heterocycles. The summed E-state index contributed by atoms with van der Waals surface area (Å²) >= 11 is 1.93. The summed E-state index contributed by atoms with van der Waals surface area (Å²) < 4.78 is 6.22. The maximum absolute atomic E-state index is 13.2. The van der Waals surface area contributed by atoms with Gasteiger partial charge in [0.15, 0.2) is 0 Å².